The minimum atomic E-state index is -0.883. The Hall–Kier alpha value is -3.08. The Morgan fingerprint density at radius 2 is 2.06 bits per heavy atom. The average molecular weight is 436 g/mol. The van der Waals surface area contributed by atoms with Crippen LogP contribution >= 0.6 is 0 Å². The molecule has 1 heterocycles. The highest BCUT2D eigenvalue weighted by Gasteiger charge is 2.30. The number of hydrogen-bond donors (Lipinski definition) is 1. The van der Waals surface area contributed by atoms with Crippen LogP contribution in [0.1, 0.15) is 68.2 Å². The number of fused-ring (bicyclic) bond motifs is 1. The van der Waals surface area contributed by atoms with Gasteiger partial charge in [0, 0.05) is 22.8 Å². The van der Waals surface area contributed by atoms with E-state index in [4.69, 9.17) is 4.74 Å². The van der Waals surface area contributed by atoms with Crippen molar-refractivity contribution >= 4 is 16.9 Å². The van der Waals surface area contributed by atoms with Gasteiger partial charge < -0.3 is 14.4 Å². The molecule has 1 aliphatic carbocycles. The van der Waals surface area contributed by atoms with Crippen molar-refractivity contribution in [3.05, 3.63) is 70.7 Å². The van der Waals surface area contributed by atoms with Gasteiger partial charge in [-0.1, -0.05) is 25.5 Å². The molecule has 5 heteroatoms. The van der Waals surface area contributed by atoms with Crippen molar-refractivity contribution in [2.24, 2.45) is 0 Å². The third-order valence-electron chi connectivity index (χ3n) is 6.49. The quantitative estimate of drug-likeness (QED) is 0.445. The molecule has 1 N–H and O–H groups in total. The maximum absolute atomic E-state index is 14.1. The number of ether oxygens (including phenoxy) is 1. The van der Waals surface area contributed by atoms with Crippen LogP contribution in [0.5, 0.6) is 5.75 Å². The number of hydrogen-bond acceptors (Lipinski definition) is 2. The molecule has 0 saturated heterocycles. The van der Waals surface area contributed by atoms with Crippen molar-refractivity contribution < 1.29 is 19.0 Å². The number of nitrogens with zero attached hydrogens (tertiary/aromatic N) is 1. The molecule has 0 bridgehead atoms. The van der Waals surface area contributed by atoms with E-state index in [0.717, 1.165) is 53.6 Å². The number of allylic oxidation sites excluding steroid dienone is 1. The molecule has 4 nitrogen and oxygen atoms in total. The first kappa shape index (κ1) is 22.1. The maximum atomic E-state index is 14.1. The van der Waals surface area contributed by atoms with Gasteiger partial charge in [-0.15, -0.1) is 0 Å². The summed E-state index contributed by atoms with van der Waals surface area (Å²) in [4.78, 5) is 11.3. The third-order valence-corrected chi connectivity index (χ3v) is 6.49. The first-order chi connectivity index (χ1) is 15.3. The smallest absolute Gasteiger partial charge is 0.328 e. The van der Waals surface area contributed by atoms with E-state index in [1.807, 2.05) is 24.3 Å². The first-order valence-corrected chi connectivity index (χ1v) is 11.2. The summed E-state index contributed by atoms with van der Waals surface area (Å²) in [5, 5.41) is 10.4. The number of aryl methyl sites for hydroxylation is 1. The van der Waals surface area contributed by atoms with Gasteiger partial charge in [-0.25, -0.2) is 9.18 Å². The molecule has 1 atom stereocenters. The molecule has 32 heavy (non-hydrogen) atoms. The van der Waals surface area contributed by atoms with Gasteiger partial charge in [0.05, 0.1) is 12.6 Å². The van der Waals surface area contributed by atoms with Gasteiger partial charge >= 0.3 is 5.97 Å². The van der Waals surface area contributed by atoms with Crippen molar-refractivity contribution in [1.82, 2.24) is 4.57 Å². The molecule has 1 saturated carbocycles. The monoisotopic (exact) mass is 435 g/mol. The van der Waals surface area contributed by atoms with Gasteiger partial charge in [-0.2, -0.15) is 0 Å². The topological polar surface area (TPSA) is 51.5 Å². The fraction of sp³-hybridized carbons (Fsp3) is 0.370. The summed E-state index contributed by atoms with van der Waals surface area (Å²) >= 11 is 0. The van der Waals surface area contributed by atoms with Crippen LogP contribution in [0.25, 0.3) is 16.6 Å². The Labute approximate surface area is 188 Å². The van der Waals surface area contributed by atoms with Gasteiger partial charge in [0.15, 0.2) is 0 Å². The lowest BCUT2D eigenvalue weighted by Crippen LogP contribution is -2.12. The Morgan fingerprint density at radius 3 is 2.72 bits per heavy atom. The number of carboxylic acid groups (broad SMARTS) is 1. The van der Waals surface area contributed by atoms with Crippen LogP contribution in [-0.4, -0.2) is 22.8 Å². The molecule has 1 aliphatic rings. The average Bonchev–Trinajstić information content (AvgIpc) is 3.11. The normalized spacial score (nSPS) is 17.9. The molecule has 0 radical (unpaired) electrons. The predicted molar refractivity (Wildman–Crippen MR) is 126 cm³/mol. The second kappa shape index (κ2) is 8.81. The van der Waals surface area contributed by atoms with Crippen LogP contribution in [-0.2, 0) is 4.79 Å². The Bertz CT molecular complexity index is 1210. The number of halogens is 1. The van der Waals surface area contributed by atoms with Gasteiger partial charge in [0.1, 0.15) is 11.6 Å². The van der Waals surface area contributed by atoms with E-state index < -0.39 is 5.97 Å². The number of rotatable bonds is 5. The lowest BCUT2D eigenvalue weighted by atomic mass is 9.78. The fourth-order valence-electron chi connectivity index (χ4n) is 5.20. The molecule has 0 aliphatic heterocycles. The number of methoxy groups -OCH3 is 1. The van der Waals surface area contributed by atoms with Crippen LogP contribution in [0.3, 0.4) is 0 Å². The number of carbonyl (C=O) groups is 1. The SMILES string of the molecule is COc1cccc2c1c(C1CCCC(=CC(=O)O)C1)c(C(C)C)n2-c1ccc(F)c(C)c1. The number of aromatic nitrogens is 1. The Balaban J connectivity index is 2.03. The molecule has 168 valence electrons. The summed E-state index contributed by atoms with van der Waals surface area (Å²) in [5.74, 6) is 0.123. The summed E-state index contributed by atoms with van der Waals surface area (Å²) in [5.41, 5.74) is 5.95. The molecule has 2 aromatic carbocycles. The van der Waals surface area contributed by atoms with Gasteiger partial charge in [-0.3, -0.25) is 0 Å². The lowest BCUT2D eigenvalue weighted by molar-refractivity contribution is -0.131. The van der Waals surface area contributed by atoms with Crippen LogP contribution in [0.15, 0.2) is 48.0 Å². The largest absolute Gasteiger partial charge is 0.496 e. The van der Waals surface area contributed by atoms with Gasteiger partial charge in [-0.05, 0) is 85.9 Å². The summed E-state index contributed by atoms with van der Waals surface area (Å²) in [6, 6.07) is 11.3. The van der Waals surface area contributed by atoms with Crippen LogP contribution in [0, 0.1) is 12.7 Å². The lowest BCUT2D eigenvalue weighted by Gasteiger charge is -2.27. The van der Waals surface area contributed by atoms with E-state index in [1.54, 1.807) is 14.0 Å². The molecule has 0 amide bonds. The van der Waals surface area contributed by atoms with Crippen molar-refractivity contribution in [3.63, 3.8) is 0 Å². The molecular weight excluding hydrogens is 405 g/mol. The third kappa shape index (κ3) is 3.92. The Kier molecular flexibility index (Phi) is 6.09. The standard InChI is InChI=1S/C27H30FNO3/c1-16(2)27-25(19-8-5-7-18(14-19)15-24(30)31)26-22(9-6-10-23(26)32-4)29(27)20-11-12-21(28)17(3)13-20/h6,9-13,15-16,19H,5,7-8,14H2,1-4H3,(H,30,31). The van der Waals surface area contributed by atoms with E-state index >= 15 is 0 Å². The highest BCUT2D eigenvalue weighted by atomic mass is 19.1. The van der Waals surface area contributed by atoms with E-state index in [1.165, 1.54) is 23.4 Å². The summed E-state index contributed by atoms with van der Waals surface area (Å²) < 4.78 is 22.1. The van der Waals surface area contributed by atoms with E-state index in [2.05, 4.69) is 24.5 Å². The van der Waals surface area contributed by atoms with E-state index in [0.29, 0.717) is 5.56 Å². The van der Waals surface area contributed by atoms with Gasteiger partial charge in [0.2, 0.25) is 0 Å². The summed E-state index contributed by atoms with van der Waals surface area (Å²) in [6.45, 7) is 6.13. The number of carboxylic acids is 1. The highest BCUT2D eigenvalue weighted by molar-refractivity contribution is 5.93. The zero-order valence-corrected chi connectivity index (χ0v) is 19.1. The van der Waals surface area contributed by atoms with Crippen molar-refractivity contribution in [2.45, 2.75) is 58.3 Å². The summed E-state index contributed by atoms with van der Waals surface area (Å²) in [6.07, 6.45) is 4.88. The highest BCUT2D eigenvalue weighted by Crippen LogP contribution is 2.47. The summed E-state index contributed by atoms with van der Waals surface area (Å²) in [7, 11) is 1.68. The van der Waals surface area contributed by atoms with Crippen molar-refractivity contribution in [1.29, 1.82) is 0 Å². The molecule has 4 rings (SSSR count). The van der Waals surface area contributed by atoms with Crippen LogP contribution < -0.4 is 4.74 Å². The van der Waals surface area contributed by atoms with E-state index in [9.17, 15) is 14.3 Å². The van der Waals surface area contributed by atoms with Crippen molar-refractivity contribution in [2.75, 3.05) is 7.11 Å². The minimum Gasteiger partial charge on any atom is -0.496 e. The number of benzene rings is 2. The molecule has 0 spiro atoms. The molecular formula is C27H30FNO3. The molecule has 1 fully saturated rings. The second-order valence-electron chi connectivity index (χ2n) is 9.01. The van der Waals surface area contributed by atoms with Gasteiger partial charge in [0.25, 0.3) is 0 Å². The maximum Gasteiger partial charge on any atom is 0.328 e. The van der Waals surface area contributed by atoms with Crippen LogP contribution in [0.4, 0.5) is 4.39 Å². The van der Waals surface area contributed by atoms with Crippen LogP contribution in [0.2, 0.25) is 0 Å². The zero-order chi connectivity index (χ0) is 23.0. The minimum absolute atomic E-state index is 0.202. The molecule has 3 aromatic rings. The predicted octanol–water partition coefficient (Wildman–Crippen LogP) is 6.88. The molecule has 1 unspecified atom stereocenters. The molecule has 1 aromatic heterocycles. The van der Waals surface area contributed by atoms with Crippen molar-refractivity contribution in [3.8, 4) is 11.4 Å². The second-order valence-corrected chi connectivity index (χ2v) is 9.01. The fourth-order valence-corrected chi connectivity index (χ4v) is 5.20. The van der Waals surface area contributed by atoms with E-state index in [-0.39, 0.29) is 17.7 Å². The number of aliphatic carboxylic acids is 1. The Morgan fingerprint density at radius 1 is 1.28 bits per heavy atom. The zero-order valence-electron chi connectivity index (χ0n) is 19.1. The first-order valence-electron chi connectivity index (χ1n) is 11.2.